The first kappa shape index (κ1) is 19.6. The summed E-state index contributed by atoms with van der Waals surface area (Å²) in [5.41, 5.74) is 1.73. The number of hydrogen-bond donors (Lipinski definition) is 1. The minimum atomic E-state index is -3.56. The van der Waals surface area contributed by atoms with Crippen molar-refractivity contribution in [2.45, 2.75) is 37.0 Å². The van der Waals surface area contributed by atoms with Crippen molar-refractivity contribution in [1.29, 1.82) is 0 Å². The molecule has 0 unspecified atom stereocenters. The minimum absolute atomic E-state index is 0.0190. The molecule has 0 radical (unpaired) electrons. The van der Waals surface area contributed by atoms with E-state index in [-0.39, 0.29) is 10.8 Å². The Morgan fingerprint density at radius 3 is 2.26 bits per heavy atom. The van der Waals surface area contributed by atoms with Crippen LogP contribution in [0.15, 0.2) is 59.5 Å². The SMILES string of the molecule is O=C(c1ccc(S(=O)(=O)NCCCc2ccccc2)cc1)N1CCCCC1. The summed E-state index contributed by atoms with van der Waals surface area (Å²) >= 11 is 0. The maximum Gasteiger partial charge on any atom is 0.253 e. The maximum absolute atomic E-state index is 12.5. The summed E-state index contributed by atoms with van der Waals surface area (Å²) < 4.78 is 27.5. The summed E-state index contributed by atoms with van der Waals surface area (Å²) in [6, 6.07) is 16.2. The van der Waals surface area contributed by atoms with Crippen molar-refractivity contribution in [3.63, 3.8) is 0 Å². The number of rotatable bonds is 7. The first-order chi connectivity index (χ1) is 13.1. The van der Waals surface area contributed by atoms with Gasteiger partial charge in [0.15, 0.2) is 0 Å². The number of likely N-dealkylation sites (tertiary alicyclic amines) is 1. The summed E-state index contributed by atoms with van der Waals surface area (Å²) in [7, 11) is -3.56. The lowest BCUT2D eigenvalue weighted by molar-refractivity contribution is 0.0724. The third-order valence-electron chi connectivity index (χ3n) is 4.83. The van der Waals surface area contributed by atoms with Crippen molar-refractivity contribution in [2.24, 2.45) is 0 Å². The highest BCUT2D eigenvalue weighted by Gasteiger charge is 2.19. The van der Waals surface area contributed by atoms with E-state index in [1.165, 1.54) is 17.7 Å². The fourth-order valence-electron chi connectivity index (χ4n) is 3.28. The summed E-state index contributed by atoms with van der Waals surface area (Å²) in [6.45, 7) is 1.94. The molecule has 1 fully saturated rings. The van der Waals surface area contributed by atoms with Gasteiger partial charge in [0.1, 0.15) is 0 Å². The Bertz CT molecular complexity index is 843. The number of piperidine rings is 1. The Morgan fingerprint density at radius 1 is 0.926 bits per heavy atom. The summed E-state index contributed by atoms with van der Waals surface area (Å²) in [5, 5.41) is 0. The molecule has 2 aromatic carbocycles. The lowest BCUT2D eigenvalue weighted by Crippen LogP contribution is -2.35. The normalized spacial score (nSPS) is 14.9. The molecular weight excluding hydrogens is 360 g/mol. The van der Waals surface area contributed by atoms with Crippen LogP contribution in [0, 0.1) is 0 Å². The fourth-order valence-corrected chi connectivity index (χ4v) is 4.36. The first-order valence-corrected chi connectivity index (χ1v) is 11.0. The number of aryl methyl sites for hydroxylation is 1. The van der Waals surface area contributed by atoms with Crippen molar-refractivity contribution in [2.75, 3.05) is 19.6 Å². The molecule has 3 rings (SSSR count). The van der Waals surface area contributed by atoms with Crippen LogP contribution in [0.4, 0.5) is 0 Å². The van der Waals surface area contributed by atoms with Gasteiger partial charge in [-0.2, -0.15) is 0 Å². The molecule has 0 spiro atoms. The molecule has 1 saturated heterocycles. The van der Waals surface area contributed by atoms with E-state index >= 15 is 0 Å². The smallest absolute Gasteiger partial charge is 0.253 e. The van der Waals surface area contributed by atoms with Crippen LogP contribution >= 0.6 is 0 Å². The molecule has 1 heterocycles. The zero-order valence-electron chi connectivity index (χ0n) is 15.4. The van der Waals surface area contributed by atoms with E-state index in [0.717, 1.165) is 45.2 Å². The average Bonchev–Trinajstić information content (AvgIpc) is 2.72. The van der Waals surface area contributed by atoms with Crippen molar-refractivity contribution in [1.82, 2.24) is 9.62 Å². The van der Waals surface area contributed by atoms with Crippen LogP contribution in [0.25, 0.3) is 0 Å². The molecule has 0 atom stereocenters. The van der Waals surface area contributed by atoms with Gasteiger partial charge in [0.05, 0.1) is 4.90 Å². The molecule has 0 bridgehead atoms. The fraction of sp³-hybridized carbons (Fsp3) is 0.381. The first-order valence-electron chi connectivity index (χ1n) is 9.49. The van der Waals surface area contributed by atoms with Crippen molar-refractivity contribution in [3.05, 3.63) is 65.7 Å². The highest BCUT2D eigenvalue weighted by molar-refractivity contribution is 7.89. The third kappa shape index (κ3) is 5.40. The summed E-state index contributed by atoms with van der Waals surface area (Å²) in [4.78, 5) is 14.5. The quantitative estimate of drug-likeness (QED) is 0.743. The van der Waals surface area contributed by atoms with E-state index in [1.54, 1.807) is 12.1 Å². The van der Waals surface area contributed by atoms with Crippen LogP contribution < -0.4 is 4.72 Å². The highest BCUT2D eigenvalue weighted by atomic mass is 32.2. The second-order valence-corrected chi connectivity index (χ2v) is 8.63. The number of carbonyl (C=O) groups excluding carboxylic acids is 1. The average molecular weight is 387 g/mol. The van der Waals surface area contributed by atoms with Crippen LogP contribution in [0.1, 0.15) is 41.6 Å². The van der Waals surface area contributed by atoms with Gasteiger partial charge in [-0.15, -0.1) is 0 Å². The van der Waals surface area contributed by atoms with Gasteiger partial charge in [0, 0.05) is 25.2 Å². The van der Waals surface area contributed by atoms with E-state index in [4.69, 9.17) is 0 Å². The van der Waals surface area contributed by atoms with Crippen LogP contribution in [0.5, 0.6) is 0 Å². The molecule has 5 nitrogen and oxygen atoms in total. The third-order valence-corrected chi connectivity index (χ3v) is 6.31. The monoisotopic (exact) mass is 386 g/mol. The molecule has 6 heteroatoms. The minimum Gasteiger partial charge on any atom is -0.339 e. The Morgan fingerprint density at radius 2 is 1.59 bits per heavy atom. The van der Waals surface area contributed by atoms with Gasteiger partial charge in [-0.05, 0) is 61.9 Å². The molecular formula is C21H26N2O3S. The number of amides is 1. The second-order valence-electron chi connectivity index (χ2n) is 6.86. The molecule has 0 saturated carbocycles. The Kier molecular flexibility index (Phi) is 6.63. The standard InChI is InChI=1S/C21H26N2O3S/c24-21(23-16-5-2-6-17-23)19-11-13-20(14-12-19)27(25,26)22-15-7-10-18-8-3-1-4-9-18/h1,3-4,8-9,11-14,22H,2,5-7,10,15-17H2. The van der Waals surface area contributed by atoms with Gasteiger partial charge in [-0.1, -0.05) is 30.3 Å². The molecule has 1 N–H and O–H groups in total. The molecule has 2 aromatic rings. The van der Waals surface area contributed by atoms with Crippen molar-refractivity contribution < 1.29 is 13.2 Å². The summed E-state index contributed by atoms with van der Waals surface area (Å²) in [5.74, 6) is -0.0190. The van der Waals surface area contributed by atoms with E-state index in [2.05, 4.69) is 4.72 Å². The van der Waals surface area contributed by atoms with E-state index < -0.39 is 10.0 Å². The van der Waals surface area contributed by atoms with E-state index in [1.807, 2.05) is 35.2 Å². The predicted molar refractivity (Wildman–Crippen MR) is 106 cm³/mol. The van der Waals surface area contributed by atoms with Crippen LogP contribution in [-0.2, 0) is 16.4 Å². The van der Waals surface area contributed by atoms with Crippen molar-refractivity contribution in [3.8, 4) is 0 Å². The Balaban J connectivity index is 1.54. The number of carbonyl (C=O) groups is 1. The van der Waals surface area contributed by atoms with E-state index in [9.17, 15) is 13.2 Å². The van der Waals surface area contributed by atoms with Gasteiger partial charge in [-0.3, -0.25) is 4.79 Å². The molecule has 0 aliphatic carbocycles. The topological polar surface area (TPSA) is 66.5 Å². The maximum atomic E-state index is 12.5. The predicted octanol–water partition coefficient (Wildman–Crippen LogP) is 3.22. The molecule has 1 aliphatic rings. The summed E-state index contributed by atoms with van der Waals surface area (Å²) in [6.07, 6.45) is 4.79. The number of sulfonamides is 1. The van der Waals surface area contributed by atoms with Gasteiger partial charge in [0.25, 0.3) is 5.91 Å². The molecule has 27 heavy (non-hydrogen) atoms. The van der Waals surface area contributed by atoms with Crippen LogP contribution in [0.2, 0.25) is 0 Å². The van der Waals surface area contributed by atoms with Gasteiger partial charge >= 0.3 is 0 Å². The second kappa shape index (κ2) is 9.15. The lowest BCUT2D eigenvalue weighted by Gasteiger charge is -2.26. The number of hydrogen-bond acceptors (Lipinski definition) is 3. The van der Waals surface area contributed by atoms with Gasteiger partial charge < -0.3 is 4.90 Å². The number of nitrogens with zero attached hydrogens (tertiary/aromatic N) is 1. The molecule has 0 aromatic heterocycles. The Hall–Kier alpha value is -2.18. The molecule has 1 aliphatic heterocycles. The zero-order valence-corrected chi connectivity index (χ0v) is 16.2. The zero-order chi connectivity index (χ0) is 19.1. The highest BCUT2D eigenvalue weighted by Crippen LogP contribution is 2.16. The molecule has 144 valence electrons. The number of benzene rings is 2. The van der Waals surface area contributed by atoms with Crippen LogP contribution in [-0.4, -0.2) is 38.9 Å². The van der Waals surface area contributed by atoms with Gasteiger partial charge in [0.2, 0.25) is 10.0 Å². The number of nitrogens with one attached hydrogen (secondary N) is 1. The molecule has 1 amide bonds. The van der Waals surface area contributed by atoms with E-state index in [0.29, 0.717) is 12.1 Å². The van der Waals surface area contributed by atoms with Gasteiger partial charge in [-0.25, -0.2) is 13.1 Å². The Labute approximate surface area is 161 Å². The van der Waals surface area contributed by atoms with Crippen molar-refractivity contribution >= 4 is 15.9 Å². The lowest BCUT2D eigenvalue weighted by atomic mass is 10.1. The van der Waals surface area contributed by atoms with Crippen LogP contribution in [0.3, 0.4) is 0 Å². The largest absolute Gasteiger partial charge is 0.339 e.